The van der Waals surface area contributed by atoms with Gasteiger partial charge in [0.1, 0.15) is 0 Å². The van der Waals surface area contributed by atoms with Crippen molar-refractivity contribution in [3.8, 4) is 0 Å². The molecule has 43 heavy (non-hydrogen) atoms. The zero-order valence-electron chi connectivity index (χ0n) is 23.8. The van der Waals surface area contributed by atoms with E-state index in [0.717, 1.165) is 11.0 Å². The van der Waals surface area contributed by atoms with E-state index in [1.54, 1.807) is 24.3 Å². The number of allylic oxidation sites excluding steroid dienone is 1. The SMILES string of the molecule is [CH3][Sn]([CH3])([CH3])[C]1=CN2C[C@@H](Cc3cn(C(=O)O)c4ccccc34)N(C(=O)c3cc(C(F)(F)F)cc(C(F)(F)F)c3)C[C@H]2CC1. The van der Waals surface area contributed by atoms with Gasteiger partial charge in [-0.05, 0) is 0 Å². The van der Waals surface area contributed by atoms with E-state index in [9.17, 15) is 41.0 Å². The van der Waals surface area contributed by atoms with E-state index in [4.69, 9.17) is 0 Å². The quantitative estimate of drug-likeness (QED) is 0.225. The minimum absolute atomic E-state index is 0.0127. The molecule has 0 spiro atoms. The first kappa shape index (κ1) is 31.3. The monoisotopic (exact) mass is 715 g/mol. The van der Waals surface area contributed by atoms with Gasteiger partial charge in [0.2, 0.25) is 0 Å². The number of benzene rings is 2. The third-order valence-corrected chi connectivity index (χ3v) is 14.9. The van der Waals surface area contributed by atoms with E-state index in [1.165, 1.54) is 14.7 Å². The van der Waals surface area contributed by atoms with Gasteiger partial charge in [0, 0.05) is 0 Å². The van der Waals surface area contributed by atoms with Gasteiger partial charge in [0.25, 0.3) is 0 Å². The van der Waals surface area contributed by atoms with Crippen LogP contribution in [-0.4, -0.2) is 75.0 Å². The van der Waals surface area contributed by atoms with Crippen molar-refractivity contribution in [1.82, 2.24) is 14.4 Å². The molecule has 0 bridgehead atoms. The number of carboxylic acid groups (broad SMARTS) is 1. The molecule has 1 amide bonds. The Bertz CT molecular complexity index is 1570. The van der Waals surface area contributed by atoms with E-state index >= 15 is 0 Å². The second kappa shape index (κ2) is 11.1. The second-order valence-corrected chi connectivity index (χ2v) is 26.9. The third kappa shape index (κ3) is 6.39. The van der Waals surface area contributed by atoms with Crippen molar-refractivity contribution in [3.63, 3.8) is 0 Å². The van der Waals surface area contributed by atoms with Crippen LogP contribution in [0.2, 0.25) is 14.8 Å². The Hall–Kier alpha value is -3.16. The summed E-state index contributed by atoms with van der Waals surface area (Å²) in [7, 11) is 0. The molecule has 5 rings (SSSR count). The zero-order valence-corrected chi connectivity index (χ0v) is 26.6. The standard InChI is InChI=1S/C27H22F6N3O3.3CH3.Sn/c28-26(29,30)18-9-16(10-19(12-18)27(31,32)33)24(37)35-15-20-5-3-4-8-34(20)14-21(35)11-17-13-36(25(38)39)23-7-2-1-6-22(17)23;;;;/h1-2,6-10,12-13,20-21H,3,5,11,14-15H2,(H,38,39);3*1H3;/t20-,21-;;;;/m1..../s1. The van der Waals surface area contributed by atoms with Crippen LogP contribution >= 0.6 is 0 Å². The van der Waals surface area contributed by atoms with Crippen molar-refractivity contribution in [2.45, 2.75) is 58.5 Å². The summed E-state index contributed by atoms with van der Waals surface area (Å²) >= 11 is -2.45. The summed E-state index contributed by atoms with van der Waals surface area (Å²) in [4.78, 5) is 36.2. The molecule has 1 saturated heterocycles. The maximum absolute atomic E-state index is 13.9. The van der Waals surface area contributed by atoms with E-state index in [2.05, 4.69) is 25.9 Å². The summed E-state index contributed by atoms with van der Waals surface area (Å²) in [6.45, 7) is 0.418. The van der Waals surface area contributed by atoms with Gasteiger partial charge >= 0.3 is 249 Å². The summed E-state index contributed by atoms with van der Waals surface area (Å²) in [5, 5.41) is 10.4. The summed E-state index contributed by atoms with van der Waals surface area (Å²) in [6, 6.07) is 7.00. The number of fused-ring (bicyclic) bond motifs is 2. The molecule has 0 radical (unpaired) electrons. The Morgan fingerprint density at radius 2 is 1.58 bits per heavy atom. The molecule has 2 aliphatic heterocycles. The molecule has 2 aromatic carbocycles. The molecule has 6 nitrogen and oxygen atoms in total. The van der Waals surface area contributed by atoms with Gasteiger partial charge in [-0.3, -0.25) is 0 Å². The first-order valence-electron chi connectivity index (χ1n) is 13.8. The number of carbonyl (C=O) groups excluding carboxylic acids is 1. The Morgan fingerprint density at radius 1 is 0.953 bits per heavy atom. The van der Waals surface area contributed by atoms with Gasteiger partial charge in [0.05, 0.1) is 0 Å². The zero-order chi connectivity index (χ0) is 31.5. The molecule has 1 fully saturated rings. The average molecular weight is 714 g/mol. The predicted molar refractivity (Wildman–Crippen MR) is 151 cm³/mol. The Balaban J connectivity index is 1.58. The molecule has 0 saturated carbocycles. The molecule has 2 atom stereocenters. The molecule has 0 aliphatic carbocycles. The summed E-state index contributed by atoms with van der Waals surface area (Å²) in [5.41, 5.74) is -2.74. The first-order valence-corrected chi connectivity index (χ1v) is 23.8. The van der Waals surface area contributed by atoms with Crippen LogP contribution in [0, 0.1) is 0 Å². The van der Waals surface area contributed by atoms with Gasteiger partial charge in [0.15, 0.2) is 0 Å². The average Bonchev–Trinajstić information content (AvgIpc) is 3.29. The Morgan fingerprint density at radius 3 is 2.16 bits per heavy atom. The number of rotatable bonds is 4. The van der Waals surface area contributed by atoms with Crippen LogP contribution in [0.15, 0.2) is 58.5 Å². The number of carbonyl (C=O) groups is 2. The number of halogens is 6. The Kier molecular flexibility index (Phi) is 8.06. The number of nitrogens with zero attached hydrogens (tertiary/aromatic N) is 3. The number of hydrogen-bond acceptors (Lipinski definition) is 3. The summed E-state index contributed by atoms with van der Waals surface area (Å²) in [5.74, 6) is -0.923. The summed E-state index contributed by atoms with van der Waals surface area (Å²) < 4.78 is 84.2. The van der Waals surface area contributed by atoms with Crippen molar-refractivity contribution in [1.29, 1.82) is 0 Å². The fraction of sp³-hybridized carbons (Fsp3) is 0.400. The van der Waals surface area contributed by atoms with Crippen molar-refractivity contribution in [2.75, 3.05) is 13.1 Å². The molecule has 230 valence electrons. The summed E-state index contributed by atoms with van der Waals surface area (Å²) in [6.07, 6.45) is -6.07. The molecule has 1 aromatic heterocycles. The third-order valence-electron chi connectivity index (χ3n) is 8.32. The predicted octanol–water partition coefficient (Wildman–Crippen LogP) is 7.50. The van der Waals surface area contributed by atoms with Gasteiger partial charge < -0.3 is 0 Å². The molecule has 3 heterocycles. The minimum atomic E-state index is -5.09. The van der Waals surface area contributed by atoms with Gasteiger partial charge in [-0.25, -0.2) is 0 Å². The molecule has 2 aliphatic rings. The van der Waals surface area contributed by atoms with Crippen molar-refractivity contribution >= 4 is 41.3 Å². The maximum atomic E-state index is 13.9. The second-order valence-electron chi connectivity index (χ2n) is 12.2. The topological polar surface area (TPSA) is 65.8 Å². The van der Waals surface area contributed by atoms with Crippen LogP contribution in [0.1, 0.15) is 39.9 Å². The normalized spacial score (nSPS) is 19.8. The molecule has 0 unspecified atom stereocenters. The number of aromatic nitrogens is 1. The fourth-order valence-corrected chi connectivity index (χ4v) is 10.2. The van der Waals surface area contributed by atoms with Gasteiger partial charge in [-0.15, -0.1) is 0 Å². The van der Waals surface area contributed by atoms with Crippen molar-refractivity contribution < 1.29 is 41.0 Å². The van der Waals surface area contributed by atoms with Crippen LogP contribution in [0.5, 0.6) is 0 Å². The molecule has 13 heteroatoms. The number of para-hydroxylation sites is 1. The van der Waals surface area contributed by atoms with Crippen LogP contribution in [0.3, 0.4) is 0 Å². The van der Waals surface area contributed by atoms with Crippen LogP contribution < -0.4 is 0 Å². The number of alkyl halides is 6. The first-order chi connectivity index (χ1) is 19.9. The van der Waals surface area contributed by atoms with Crippen molar-refractivity contribution in [2.24, 2.45) is 0 Å². The van der Waals surface area contributed by atoms with Gasteiger partial charge in [-0.1, -0.05) is 0 Å². The van der Waals surface area contributed by atoms with E-state index < -0.39 is 65.5 Å². The number of piperazine rings is 1. The molecule has 3 aromatic rings. The number of amides is 1. The fourth-order valence-electron chi connectivity index (χ4n) is 6.04. The van der Waals surface area contributed by atoms with Gasteiger partial charge in [-0.2, -0.15) is 0 Å². The molecular formula is C30H31F6N3O3Sn. The molecular weight excluding hydrogens is 683 g/mol. The van der Waals surface area contributed by atoms with E-state index in [-0.39, 0.29) is 25.1 Å². The van der Waals surface area contributed by atoms with E-state index in [1.807, 2.05) is 0 Å². The van der Waals surface area contributed by atoms with Crippen molar-refractivity contribution in [3.05, 3.63) is 80.7 Å². The van der Waals surface area contributed by atoms with Crippen LogP contribution in [-0.2, 0) is 18.8 Å². The van der Waals surface area contributed by atoms with Crippen LogP contribution in [0.25, 0.3) is 10.9 Å². The number of hydrogen-bond donors (Lipinski definition) is 1. The van der Waals surface area contributed by atoms with E-state index in [0.29, 0.717) is 41.6 Å². The molecule has 1 N–H and O–H groups in total. The van der Waals surface area contributed by atoms with Crippen LogP contribution in [0.4, 0.5) is 31.1 Å². The Labute approximate surface area is 248 Å².